The van der Waals surface area contributed by atoms with Crippen molar-refractivity contribution in [3.8, 4) is 0 Å². The molecule has 1 unspecified atom stereocenters. The number of carbonyl (C=O) groups is 1. The van der Waals surface area contributed by atoms with E-state index >= 15 is 0 Å². The van der Waals surface area contributed by atoms with E-state index in [1.165, 1.54) is 12.8 Å². The maximum atomic E-state index is 11.5. The van der Waals surface area contributed by atoms with Crippen molar-refractivity contribution in [2.24, 2.45) is 0 Å². The van der Waals surface area contributed by atoms with Crippen LogP contribution in [-0.4, -0.2) is 37.2 Å². The highest BCUT2D eigenvalue weighted by molar-refractivity contribution is 5.78. The third-order valence-electron chi connectivity index (χ3n) is 2.45. The predicted octanol–water partition coefficient (Wildman–Crippen LogP) is 1.06. The van der Waals surface area contributed by atoms with Crippen LogP contribution in [0.25, 0.3) is 0 Å². The third-order valence-corrected chi connectivity index (χ3v) is 2.45. The first-order valence-electron chi connectivity index (χ1n) is 6.11. The minimum absolute atomic E-state index is 0.0447. The van der Waals surface area contributed by atoms with Crippen LogP contribution in [0.1, 0.15) is 40.0 Å². The molecule has 1 aliphatic rings. The molecule has 16 heavy (non-hydrogen) atoms. The van der Waals surface area contributed by atoms with E-state index in [-0.39, 0.29) is 17.6 Å². The Morgan fingerprint density at radius 1 is 1.38 bits per heavy atom. The summed E-state index contributed by atoms with van der Waals surface area (Å²) in [5, 5.41) is 6.06. The standard InChI is InChI=1S/C12H24N2O2/c1-12(2,3)14-11(15)9-13-8-10-6-4-5-7-16-10/h10,13H,4-9H2,1-3H3,(H,14,15). The molecule has 1 heterocycles. The van der Waals surface area contributed by atoms with Crippen molar-refractivity contribution < 1.29 is 9.53 Å². The maximum Gasteiger partial charge on any atom is 0.234 e. The van der Waals surface area contributed by atoms with Crippen molar-refractivity contribution >= 4 is 5.91 Å². The molecule has 0 aromatic heterocycles. The summed E-state index contributed by atoms with van der Waals surface area (Å²) < 4.78 is 5.57. The molecule has 0 aromatic carbocycles. The third kappa shape index (κ3) is 6.08. The van der Waals surface area contributed by atoms with Gasteiger partial charge in [-0.2, -0.15) is 0 Å². The largest absolute Gasteiger partial charge is 0.377 e. The van der Waals surface area contributed by atoms with Gasteiger partial charge >= 0.3 is 0 Å². The van der Waals surface area contributed by atoms with Gasteiger partial charge in [0.2, 0.25) is 5.91 Å². The van der Waals surface area contributed by atoms with E-state index in [2.05, 4.69) is 10.6 Å². The van der Waals surface area contributed by atoms with Gasteiger partial charge in [-0.3, -0.25) is 4.79 Å². The van der Waals surface area contributed by atoms with E-state index < -0.39 is 0 Å². The predicted molar refractivity (Wildman–Crippen MR) is 64.4 cm³/mol. The molecule has 2 N–H and O–H groups in total. The number of nitrogens with one attached hydrogen (secondary N) is 2. The lowest BCUT2D eigenvalue weighted by Gasteiger charge is -2.24. The summed E-state index contributed by atoms with van der Waals surface area (Å²) in [5.74, 6) is 0.0447. The van der Waals surface area contributed by atoms with Gasteiger partial charge in [-0.1, -0.05) is 0 Å². The Kier molecular flexibility index (Phi) is 5.22. The molecule has 0 aromatic rings. The van der Waals surface area contributed by atoms with Crippen molar-refractivity contribution in [2.45, 2.75) is 51.7 Å². The number of amides is 1. The molecule has 4 heteroatoms. The molecular weight excluding hydrogens is 204 g/mol. The van der Waals surface area contributed by atoms with Gasteiger partial charge in [0.15, 0.2) is 0 Å². The van der Waals surface area contributed by atoms with Gasteiger partial charge in [-0.05, 0) is 40.0 Å². The summed E-state index contributed by atoms with van der Waals surface area (Å²) >= 11 is 0. The minimum Gasteiger partial charge on any atom is -0.377 e. The Morgan fingerprint density at radius 2 is 2.12 bits per heavy atom. The summed E-state index contributed by atoms with van der Waals surface area (Å²) in [6, 6.07) is 0. The number of rotatable bonds is 4. The molecule has 1 saturated heterocycles. The Bertz CT molecular complexity index is 218. The van der Waals surface area contributed by atoms with Crippen LogP contribution in [0.3, 0.4) is 0 Å². The number of hydrogen-bond donors (Lipinski definition) is 2. The molecule has 1 atom stereocenters. The Balaban J connectivity index is 2.08. The summed E-state index contributed by atoms with van der Waals surface area (Å²) in [5.41, 5.74) is -0.153. The van der Waals surface area contributed by atoms with Crippen LogP contribution in [-0.2, 0) is 9.53 Å². The Hall–Kier alpha value is -0.610. The van der Waals surface area contributed by atoms with Crippen LogP contribution in [0.5, 0.6) is 0 Å². The summed E-state index contributed by atoms with van der Waals surface area (Å²) in [6.07, 6.45) is 3.80. The van der Waals surface area contributed by atoms with Gasteiger partial charge in [0.05, 0.1) is 12.6 Å². The maximum absolute atomic E-state index is 11.5. The van der Waals surface area contributed by atoms with E-state index in [1.54, 1.807) is 0 Å². The molecule has 1 aliphatic heterocycles. The molecule has 0 aliphatic carbocycles. The van der Waals surface area contributed by atoms with E-state index in [0.717, 1.165) is 19.6 Å². The first-order valence-corrected chi connectivity index (χ1v) is 6.11. The number of hydrogen-bond acceptors (Lipinski definition) is 3. The van der Waals surface area contributed by atoms with Gasteiger partial charge < -0.3 is 15.4 Å². The molecule has 1 amide bonds. The Labute approximate surface area is 98.1 Å². The highest BCUT2D eigenvalue weighted by atomic mass is 16.5. The summed E-state index contributed by atoms with van der Waals surface area (Å²) in [4.78, 5) is 11.5. The lowest BCUT2D eigenvalue weighted by Crippen LogP contribution is -2.46. The molecule has 4 nitrogen and oxygen atoms in total. The van der Waals surface area contributed by atoms with E-state index in [0.29, 0.717) is 6.54 Å². The molecule has 1 rings (SSSR count). The van der Waals surface area contributed by atoms with Gasteiger partial charge in [-0.15, -0.1) is 0 Å². The molecule has 0 saturated carbocycles. The van der Waals surface area contributed by atoms with Crippen LogP contribution >= 0.6 is 0 Å². The van der Waals surface area contributed by atoms with E-state index in [1.807, 2.05) is 20.8 Å². The topological polar surface area (TPSA) is 50.4 Å². The fourth-order valence-electron chi connectivity index (χ4n) is 1.78. The zero-order valence-electron chi connectivity index (χ0n) is 10.6. The van der Waals surface area contributed by atoms with Gasteiger partial charge in [0.1, 0.15) is 0 Å². The normalized spacial score (nSPS) is 21.8. The first kappa shape index (κ1) is 13.5. The van der Waals surface area contributed by atoms with Gasteiger partial charge in [0, 0.05) is 18.7 Å². The number of carbonyl (C=O) groups excluding carboxylic acids is 1. The smallest absolute Gasteiger partial charge is 0.234 e. The fraction of sp³-hybridized carbons (Fsp3) is 0.917. The van der Waals surface area contributed by atoms with Crippen LogP contribution in [0.2, 0.25) is 0 Å². The highest BCUT2D eigenvalue weighted by Crippen LogP contribution is 2.11. The van der Waals surface area contributed by atoms with E-state index in [9.17, 15) is 4.79 Å². The number of ether oxygens (including phenoxy) is 1. The zero-order chi connectivity index (χ0) is 12.0. The second-order valence-corrected chi connectivity index (χ2v) is 5.42. The SMILES string of the molecule is CC(C)(C)NC(=O)CNCC1CCCCO1. The van der Waals surface area contributed by atoms with E-state index in [4.69, 9.17) is 4.74 Å². The van der Waals surface area contributed by atoms with Crippen LogP contribution < -0.4 is 10.6 Å². The van der Waals surface area contributed by atoms with Crippen molar-refractivity contribution in [3.05, 3.63) is 0 Å². The van der Waals surface area contributed by atoms with Gasteiger partial charge in [-0.25, -0.2) is 0 Å². The fourth-order valence-corrected chi connectivity index (χ4v) is 1.78. The average Bonchev–Trinajstić information content (AvgIpc) is 2.16. The van der Waals surface area contributed by atoms with Crippen LogP contribution in [0.4, 0.5) is 0 Å². The molecule has 0 radical (unpaired) electrons. The lowest BCUT2D eigenvalue weighted by molar-refractivity contribution is -0.121. The van der Waals surface area contributed by atoms with Crippen molar-refractivity contribution in [3.63, 3.8) is 0 Å². The summed E-state index contributed by atoms with van der Waals surface area (Å²) in [7, 11) is 0. The summed E-state index contributed by atoms with van der Waals surface area (Å²) in [6.45, 7) is 7.95. The quantitative estimate of drug-likeness (QED) is 0.756. The minimum atomic E-state index is -0.153. The molecule has 94 valence electrons. The van der Waals surface area contributed by atoms with Crippen LogP contribution in [0, 0.1) is 0 Å². The molecular formula is C12H24N2O2. The second kappa shape index (κ2) is 6.21. The second-order valence-electron chi connectivity index (χ2n) is 5.42. The molecule has 0 spiro atoms. The highest BCUT2D eigenvalue weighted by Gasteiger charge is 2.15. The molecule has 0 bridgehead atoms. The zero-order valence-corrected chi connectivity index (χ0v) is 10.6. The average molecular weight is 228 g/mol. The van der Waals surface area contributed by atoms with Crippen molar-refractivity contribution in [2.75, 3.05) is 19.7 Å². The van der Waals surface area contributed by atoms with Crippen molar-refractivity contribution in [1.82, 2.24) is 10.6 Å². The van der Waals surface area contributed by atoms with Crippen LogP contribution in [0.15, 0.2) is 0 Å². The van der Waals surface area contributed by atoms with Crippen molar-refractivity contribution in [1.29, 1.82) is 0 Å². The first-order chi connectivity index (χ1) is 7.47. The Morgan fingerprint density at radius 3 is 2.69 bits per heavy atom. The van der Waals surface area contributed by atoms with Gasteiger partial charge in [0.25, 0.3) is 0 Å². The lowest BCUT2D eigenvalue weighted by atomic mass is 10.1. The monoisotopic (exact) mass is 228 g/mol. The molecule has 1 fully saturated rings.